The number of carbonyl (C=O) groups is 1. The van der Waals surface area contributed by atoms with Gasteiger partial charge in [-0.25, -0.2) is 9.78 Å². The van der Waals surface area contributed by atoms with Gasteiger partial charge in [-0.15, -0.1) is 6.42 Å². The molecule has 0 bridgehead atoms. The molecule has 3 aromatic rings. The van der Waals surface area contributed by atoms with Crippen LogP contribution in [-0.2, 0) is 4.74 Å². The summed E-state index contributed by atoms with van der Waals surface area (Å²) in [4.78, 5) is 23.7. The fraction of sp³-hybridized carbons (Fsp3) is 0.296. The molecule has 1 fully saturated rings. The zero-order valence-corrected chi connectivity index (χ0v) is 20.4. The Labute approximate surface area is 209 Å². The normalized spacial score (nSPS) is 14.2. The number of terminal acetylenes is 1. The summed E-state index contributed by atoms with van der Waals surface area (Å²) in [6.45, 7) is 5.29. The Kier molecular flexibility index (Phi) is 7.31. The van der Waals surface area contributed by atoms with Gasteiger partial charge in [-0.1, -0.05) is 5.92 Å². The number of aromatic nitrogens is 4. The number of rotatable bonds is 7. The first-order valence-corrected chi connectivity index (χ1v) is 11.6. The molecule has 0 radical (unpaired) electrons. The summed E-state index contributed by atoms with van der Waals surface area (Å²) in [5.41, 5.74) is 3.13. The standard InChI is InChI=1S/C27H26N6O3/c1-5-19(10-9-18(4)32-27(34)35-17(2)3)25-23(14-28)22-13-21(36-26-30-15-29-16-31-26)11-12-24(22)33(25)20-7-6-8-20/h1,9-13,15-17,20H,6-8H2,2-4H3,(H,32,34)/b18-9+,19-10+. The van der Waals surface area contributed by atoms with E-state index in [9.17, 15) is 10.1 Å². The SMILES string of the molecule is C#C/C(=C\C=C(/C)NC(=O)OC(C)C)c1c(C#N)c2cc(Oc3ncncn3)ccc2n1C1CCC1. The van der Waals surface area contributed by atoms with Gasteiger partial charge in [0.15, 0.2) is 0 Å². The van der Waals surface area contributed by atoms with Gasteiger partial charge in [0.1, 0.15) is 24.5 Å². The molecule has 0 saturated heterocycles. The van der Waals surface area contributed by atoms with E-state index < -0.39 is 6.09 Å². The number of fused-ring (bicyclic) bond motifs is 1. The smallest absolute Gasteiger partial charge is 0.411 e. The van der Waals surface area contributed by atoms with Gasteiger partial charge >= 0.3 is 12.1 Å². The maximum Gasteiger partial charge on any atom is 0.411 e. The molecule has 9 nitrogen and oxygen atoms in total. The predicted molar refractivity (Wildman–Crippen MR) is 135 cm³/mol. The lowest BCUT2D eigenvalue weighted by Crippen LogP contribution is -2.25. The lowest BCUT2D eigenvalue weighted by molar-refractivity contribution is 0.118. The Morgan fingerprint density at radius 1 is 1.28 bits per heavy atom. The molecular weight excluding hydrogens is 456 g/mol. The molecule has 1 aliphatic rings. The molecule has 1 aromatic carbocycles. The fourth-order valence-electron chi connectivity index (χ4n) is 4.00. The first kappa shape index (κ1) is 24.5. The van der Waals surface area contributed by atoms with Crippen molar-refractivity contribution in [2.75, 3.05) is 0 Å². The lowest BCUT2D eigenvalue weighted by Gasteiger charge is -2.30. The molecule has 0 spiro atoms. The summed E-state index contributed by atoms with van der Waals surface area (Å²) in [6, 6.07) is 8.29. The number of benzene rings is 1. The van der Waals surface area contributed by atoms with E-state index in [0.29, 0.717) is 28.3 Å². The fourth-order valence-corrected chi connectivity index (χ4v) is 4.00. The third kappa shape index (κ3) is 5.21. The third-order valence-corrected chi connectivity index (χ3v) is 5.76. The number of allylic oxidation sites excluding steroid dienone is 4. The minimum absolute atomic E-state index is 0.162. The van der Waals surface area contributed by atoms with E-state index in [2.05, 4.69) is 36.8 Å². The van der Waals surface area contributed by atoms with Gasteiger partial charge in [-0.05, 0) is 70.4 Å². The highest BCUT2D eigenvalue weighted by atomic mass is 16.6. The van der Waals surface area contributed by atoms with Crippen molar-refractivity contribution < 1.29 is 14.3 Å². The number of nitriles is 1. The second kappa shape index (κ2) is 10.7. The van der Waals surface area contributed by atoms with Crippen LogP contribution in [0.4, 0.5) is 4.79 Å². The number of nitrogens with zero attached hydrogens (tertiary/aromatic N) is 5. The number of alkyl carbamates (subject to hydrolysis) is 1. The van der Waals surface area contributed by atoms with Gasteiger partial charge in [-0.3, -0.25) is 5.32 Å². The average molecular weight is 483 g/mol. The van der Waals surface area contributed by atoms with E-state index in [-0.39, 0.29) is 18.2 Å². The van der Waals surface area contributed by atoms with E-state index in [1.807, 2.05) is 12.1 Å². The molecule has 4 rings (SSSR count). The van der Waals surface area contributed by atoms with Crippen molar-refractivity contribution in [1.29, 1.82) is 5.26 Å². The zero-order chi connectivity index (χ0) is 25.7. The Morgan fingerprint density at radius 3 is 2.64 bits per heavy atom. The summed E-state index contributed by atoms with van der Waals surface area (Å²) < 4.78 is 13.0. The largest absolute Gasteiger partial charge is 0.447 e. The number of amides is 1. The molecule has 1 N–H and O–H groups in total. The minimum Gasteiger partial charge on any atom is -0.447 e. The van der Waals surface area contributed by atoms with E-state index in [1.54, 1.807) is 39.0 Å². The van der Waals surface area contributed by atoms with Gasteiger partial charge in [0.2, 0.25) is 0 Å². The number of hydrogen-bond acceptors (Lipinski definition) is 7. The molecular formula is C27H26N6O3. The van der Waals surface area contributed by atoms with E-state index in [1.165, 1.54) is 12.7 Å². The summed E-state index contributed by atoms with van der Waals surface area (Å²) in [7, 11) is 0. The first-order chi connectivity index (χ1) is 17.4. The first-order valence-electron chi connectivity index (χ1n) is 11.6. The highest BCUT2D eigenvalue weighted by Gasteiger charge is 2.28. The maximum atomic E-state index is 11.9. The van der Waals surface area contributed by atoms with Crippen molar-refractivity contribution in [3.8, 4) is 30.2 Å². The topological polar surface area (TPSA) is 115 Å². The number of hydrogen-bond donors (Lipinski definition) is 1. The van der Waals surface area contributed by atoms with Crippen LogP contribution in [0.25, 0.3) is 16.5 Å². The van der Waals surface area contributed by atoms with Crippen molar-refractivity contribution in [2.45, 2.75) is 52.2 Å². The Hall–Kier alpha value is -4.63. The van der Waals surface area contributed by atoms with Gasteiger partial charge in [-0.2, -0.15) is 15.2 Å². The predicted octanol–water partition coefficient (Wildman–Crippen LogP) is 5.27. The maximum absolute atomic E-state index is 11.9. The third-order valence-electron chi connectivity index (χ3n) is 5.76. The lowest BCUT2D eigenvalue weighted by atomic mass is 9.92. The molecule has 2 heterocycles. The van der Waals surface area contributed by atoms with Crippen molar-refractivity contribution in [1.82, 2.24) is 24.8 Å². The molecule has 2 aromatic heterocycles. The molecule has 36 heavy (non-hydrogen) atoms. The number of ether oxygens (including phenoxy) is 2. The quantitative estimate of drug-likeness (QED) is 0.360. The van der Waals surface area contributed by atoms with E-state index in [0.717, 1.165) is 30.2 Å². The van der Waals surface area contributed by atoms with Crippen LogP contribution >= 0.6 is 0 Å². The van der Waals surface area contributed by atoms with Crippen LogP contribution in [0.2, 0.25) is 0 Å². The van der Waals surface area contributed by atoms with Crippen LogP contribution in [0.5, 0.6) is 11.8 Å². The van der Waals surface area contributed by atoms with Gasteiger partial charge < -0.3 is 14.0 Å². The summed E-state index contributed by atoms with van der Waals surface area (Å²) >= 11 is 0. The van der Waals surface area contributed by atoms with Crippen LogP contribution in [-0.4, -0.2) is 31.7 Å². The summed E-state index contributed by atoms with van der Waals surface area (Å²) in [6.07, 6.45) is 14.4. The van der Waals surface area contributed by atoms with Gasteiger partial charge in [0.05, 0.1) is 22.9 Å². The molecule has 0 unspecified atom stereocenters. The molecule has 1 aliphatic carbocycles. The molecule has 182 valence electrons. The zero-order valence-electron chi connectivity index (χ0n) is 20.4. The highest BCUT2D eigenvalue weighted by molar-refractivity contribution is 5.96. The van der Waals surface area contributed by atoms with Gasteiger partial charge in [0.25, 0.3) is 0 Å². The molecule has 1 amide bonds. The van der Waals surface area contributed by atoms with Crippen molar-refractivity contribution in [3.63, 3.8) is 0 Å². The minimum atomic E-state index is -0.540. The van der Waals surface area contributed by atoms with Crippen molar-refractivity contribution >= 4 is 22.6 Å². The van der Waals surface area contributed by atoms with Crippen LogP contribution in [0.1, 0.15) is 57.3 Å². The number of nitrogens with one attached hydrogen (secondary N) is 1. The van der Waals surface area contributed by atoms with Crippen molar-refractivity contribution in [2.24, 2.45) is 0 Å². The Balaban J connectivity index is 1.77. The van der Waals surface area contributed by atoms with E-state index in [4.69, 9.17) is 15.9 Å². The summed E-state index contributed by atoms with van der Waals surface area (Å²) in [5.74, 6) is 3.23. The Morgan fingerprint density at radius 2 is 2.03 bits per heavy atom. The van der Waals surface area contributed by atoms with Crippen molar-refractivity contribution in [3.05, 3.63) is 60.0 Å². The van der Waals surface area contributed by atoms with Crippen LogP contribution in [0.15, 0.2) is 48.7 Å². The van der Waals surface area contributed by atoms with Crippen LogP contribution in [0.3, 0.4) is 0 Å². The molecule has 9 heteroatoms. The molecule has 0 aliphatic heterocycles. The average Bonchev–Trinajstić information content (AvgIpc) is 3.11. The Bertz CT molecular complexity index is 1420. The van der Waals surface area contributed by atoms with Gasteiger partial charge in [0, 0.05) is 22.7 Å². The molecule has 0 atom stereocenters. The van der Waals surface area contributed by atoms with E-state index >= 15 is 0 Å². The summed E-state index contributed by atoms with van der Waals surface area (Å²) in [5, 5.41) is 13.6. The molecule has 1 saturated carbocycles. The number of carbonyl (C=O) groups excluding carboxylic acids is 1. The second-order valence-corrected chi connectivity index (χ2v) is 8.65. The monoisotopic (exact) mass is 482 g/mol. The second-order valence-electron chi connectivity index (χ2n) is 8.65. The van der Waals surface area contributed by atoms with Crippen LogP contribution in [0, 0.1) is 23.7 Å². The van der Waals surface area contributed by atoms with Crippen LogP contribution < -0.4 is 10.1 Å². The highest BCUT2D eigenvalue weighted by Crippen LogP contribution is 2.41.